The number of nitrogens with one attached hydrogen (secondary N) is 1. The molecule has 0 amide bonds. The fraction of sp³-hybridized carbons (Fsp3) is 1.00. The Balaban J connectivity index is 1.89. The zero-order valence-corrected chi connectivity index (χ0v) is 10.8. The summed E-state index contributed by atoms with van der Waals surface area (Å²) in [6, 6.07) is 0.663. The van der Waals surface area contributed by atoms with E-state index in [-0.39, 0.29) is 0 Å². The number of hydrogen-bond donors (Lipinski definition) is 1. The molecule has 1 saturated heterocycles. The minimum absolute atomic E-state index is 0.359. The van der Waals surface area contributed by atoms with E-state index >= 15 is 0 Å². The normalized spacial score (nSPS) is 22.5. The smallest absolute Gasteiger partial charge is 0.0809 e. The van der Waals surface area contributed by atoms with E-state index in [1.807, 2.05) is 0 Å². The van der Waals surface area contributed by atoms with Crippen LogP contribution in [0.2, 0.25) is 0 Å². The molecule has 0 aromatic rings. The second-order valence-corrected chi connectivity index (χ2v) is 4.56. The number of hydrogen-bond acceptors (Lipinski definition) is 3. The average Bonchev–Trinajstić information content (AvgIpc) is 2.80. The maximum atomic E-state index is 5.60. The summed E-state index contributed by atoms with van der Waals surface area (Å²) in [4.78, 5) is 0. The zero-order valence-electron chi connectivity index (χ0n) is 10.8. The molecule has 2 unspecified atom stereocenters. The van der Waals surface area contributed by atoms with E-state index in [1.165, 1.54) is 32.1 Å². The van der Waals surface area contributed by atoms with Crippen LogP contribution in [-0.2, 0) is 9.47 Å². The lowest BCUT2D eigenvalue weighted by atomic mass is 10.1. The fourth-order valence-electron chi connectivity index (χ4n) is 2.12. The van der Waals surface area contributed by atoms with Gasteiger partial charge < -0.3 is 14.8 Å². The third-order valence-corrected chi connectivity index (χ3v) is 3.14. The first-order valence-corrected chi connectivity index (χ1v) is 6.79. The molecular formula is C13H27NO2. The van der Waals surface area contributed by atoms with E-state index in [1.54, 1.807) is 0 Å². The Morgan fingerprint density at radius 1 is 1.44 bits per heavy atom. The number of ether oxygens (including phenoxy) is 2. The van der Waals surface area contributed by atoms with Gasteiger partial charge in [0, 0.05) is 19.2 Å². The van der Waals surface area contributed by atoms with E-state index in [0.29, 0.717) is 12.1 Å². The van der Waals surface area contributed by atoms with Gasteiger partial charge in [0.25, 0.3) is 0 Å². The van der Waals surface area contributed by atoms with Crippen molar-refractivity contribution in [2.45, 2.75) is 58.1 Å². The lowest BCUT2D eigenvalue weighted by Crippen LogP contribution is -2.32. The van der Waals surface area contributed by atoms with Gasteiger partial charge in [-0.05, 0) is 25.7 Å². The summed E-state index contributed by atoms with van der Waals surface area (Å²) in [6.45, 7) is 7.93. The van der Waals surface area contributed by atoms with Gasteiger partial charge in [-0.3, -0.25) is 0 Å². The van der Waals surface area contributed by atoms with Crippen molar-refractivity contribution >= 4 is 0 Å². The SMILES string of the molecule is CCCC(CC)NCCOCC1CCCO1. The molecule has 0 radical (unpaired) electrons. The van der Waals surface area contributed by atoms with Crippen LogP contribution >= 0.6 is 0 Å². The summed E-state index contributed by atoms with van der Waals surface area (Å²) in [5, 5.41) is 3.53. The van der Waals surface area contributed by atoms with Gasteiger partial charge in [-0.2, -0.15) is 0 Å². The standard InChI is InChI=1S/C13H27NO2/c1-3-6-12(4-2)14-8-10-15-11-13-7-5-9-16-13/h12-14H,3-11H2,1-2H3. The Hall–Kier alpha value is -0.120. The van der Waals surface area contributed by atoms with Crippen molar-refractivity contribution in [1.29, 1.82) is 0 Å². The van der Waals surface area contributed by atoms with Gasteiger partial charge in [-0.15, -0.1) is 0 Å². The first-order valence-electron chi connectivity index (χ1n) is 6.79. The third kappa shape index (κ3) is 5.83. The lowest BCUT2D eigenvalue weighted by molar-refractivity contribution is 0.0178. The van der Waals surface area contributed by atoms with Crippen LogP contribution in [0.4, 0.5) is 0 Å². The summed E-state index contributed by atoms with van der Waals surface area (Å²) in [5.74, 6) is 0. The molecular weight excluding hydrogens is 202 g/mol. The molecule has 16 heavy (non-hydrogen) atoms. The lowest BCUT2D eigenvalue weighted by Gasteiger charge is -2.16. The molecule has 2 atom stereocenters. The van der Waals surface area contributed by atoms with E-state index < -0.39 is 0 Å². The molecule has 0 aromatic carbocycles. The minimum Gasteiger partial charge on any atom is -0.377 e. The van der Waals surface area contributed by atoms with Crippen molar-refractivity contribution < 1.29 is 9.47 Å². The van der Waals surface area contributed by atoms with Crippen LogP contribution in [0.1, 0.15) is 46.0 Å². The topological polar surface area (TPSA) is 30.5 Å². The van der Waals surface area contributed by atoms with Crippen LogP contribution in [0.15, 0.2) is 0 Å². The van der Waals surface area contributed by atoms with Crippen LogP contribution in [0.25, 0.3) is 0 Å². The van der Waals surface area contributed by atoms with Crippen molar-refractivity contribution in [3.63, 3.8) is 0 Å². The second-order valence-electron chi connectivity index (χ2n) is 4.56. The molecule has 1 heterocycles. The van der Waals surface area contributed by atoms with Gasteiger partial charge in [-0.25, -0.2) is 0 Å². The highest BCUT2D eigenvalue weighted by Crippen LogP contribution is 2.11. The fourth-order valence-corrected chi connectivity index (χ4v) is 2.12. The van der Waals surface area contributed by atoms with Crippen molar-refractivity contribution in [3.8, 4) is 0 Å². The van der Waals surface area contributed by atoms with Gasteiger partial charge in [0.2, 0.25) is 0 Å². The molecule has 0 aliphatic carbocycles. The van der Waals surface area contributed by atoms with Crippen LogP contribution < -0.4 is 5.32 Å². The van der Waals surface area contributed by atoms with Gasteiger partial charge in [-0.1, -0.05) is 20.3 Å². The summed E-state index contributed by atoms with van der Waals surface area (Å²) >= 11 is 0. The molecule has 1 aliphatic heterocycles. The predicted octanol–water partition coefficient (Wildman–Crippen LogP) is 2.35. The molecule has 0 spiro atoms. The Kier molecular flexibility index (Phi) is 7.81. The summed E-state index contributed by atoms with van der Waals surface area (Å²) in [7, 11) is 0. The molecule has 1 fully saturated rings. The Bertz CT molecular complexity index is 158. The van der Waals surface area contributed by atoms with Crippen LogP contribution in [0.5, 0.6) is 0 Å². The average molecular weight is 229 g/mol. The Morgan fingerprint density at radius 2 is 2.31 bits per heavy atom. The van der Waals surface area contributed by atoms with Gasteiger partial charge in [0.1, 0.15) is 0 Å². The molecule has 1 rings (SSSR count). The van der Waals surface area contributed by atoms with Crippen molar-refractivity contribution in [2.75, 3.05) is 26.4 Å². The summed E-state index contributed by atoms with van der Waals surface area (Å²) in [6.07, 6.45) is 6.45. The van der Waals surface area contributed by atoms with Crippen molar-refractivity contribution in [2.24, 2.45) is 0 Å². The van der Waals surface area contributed by atoms with Crippen LogP contribution in [0, 0.1) is 0 Å². The van der Waals surface area contributed by atoms with Crippen molar-refractivity contribution in [3.05, 3.63) is 0 Å². The van der Waals surface area contributed by atoms with Crippen LogP contribution in [0.3, 0.4) is 0 Å². The molecule has 0 saturated carbocycles. The largest absolute Gasteiger partial charge is 0.377 e. The highest BCUT2D eigenvalue weighted by atomic mass is 16.5. The molecule has 3 heteroatoms. The summed E-state index contributed by atoms with van der Waals surface area (Å²) < 4.78 is 11.1. The summed E-state index contributed by atoms with van der Waals surface area (Å²) in [5.41, 5.74) is 0. The quantitative estimate of drug-likeness (QED) is 0.616. The van der Waals surface area contributed by atoms with Gasteiger partial charge in [0.05, 0.1) is 19.3 Å². The predicted molar refractivity (Wildman–Crippen MR) is 66.8 cm³/mol. The van der Waals surface area contributed by atoms with E-state index in [2.05, 4.69) is 19.2 Å². The molecule has 0 bridgehead atoms. The van der Waals surface area contributed by atoms with Crippen LogP contribution in [-0.4, -0.2) is 38.5 Å². The third-order valence-electron chi connectivity index (χ3n) is 3.14. The van der Waals surface area contributed by atoms with Gasteiger partial charge in [0.15, 0.2) is 0 Å². The maximum Gasteiger partial charge on any atom is 0.0809 e. The maximum absolute atomic E-state index is 5.60. The van der Waals surface area contributed by atoms with Crippen molar-refractivity contribution in [1.82, 2.24) is 5.32 Å². The highest BCUT2D eigenvalue weighted by molar-refractivity contribution is 4.65. The monoisotopic (exact) mass is 229 g/mol. The molecule has 1 aliphatic rings. The first kappa shape index (κ1) is 13.9. The van der Waals surface area contributed by atoms with Gasteiger partial charge >= 0.3 is 0 Å². The van der Waals surface area contributed by atoms with E-state index in [4.69, 9.17) is 9.47 Å². The molecule has 3 nitrogen and oxygen atoms in total. The molecule has 0 aromatic heterocycles. The van der Waals surface area contributed by atoms with E-state index in [0.717, 1.165) is 26.4 Å². The molecule has 96 valence electrons. The molecule has 1 N–H and O–H groups in total. The Morgan fingerprint density at radius 3 is 2.94 bits per heavy atom. The second kappa shape index (κ2) is 8.97. The zero-order chi connectivity index (χ0) is 11.6. The highest BCUT2D eigenvalue weighted by Gasteiger charge is 2.14. The first-order chi connectivity index (χ1) is 7.86. The number of rotatable bonds is 9. The van der Waals surface area contributed by atoms with E-state index in [9.17, 15) is 0 Å². The Labute approximate surface area is 99.9 Å². The minimum atomic E-state index is 0.359.